The fourth-order valence-corrected chi connectivity index (χ4v) is 7.59. The van der Waals surface area contributed by atoms with Crippen molar-refractivity contribution in [3.63, 3.8) is 0 Å². The van der Waals surface area contributed by atoms with Gasteiger partial charge in [-0.15, -0.1) is 0 Å². The topological polar surface area (TPSA) is 412 Å². The van der Waals surface area contributed by atoms with Crippen molar-refractivity contribution in [1.82, 2.24) is 47.9 Å². The zero-order valence-corrected chi connectivity index (χ0v) is 44.8. The van der Waals surface area contributed by atoms with Crippen molar-refractivity contribution in [3.8, 4) is 5.75 Å². The van der Waals surface area contributed by atoms with E-state index >= 15 is 0 Å². The number of halogens is 1. The molecule has 410 valence electrons. The molecule has 0 fully saturated rings. The molecular formula is C46H68IN11O14S2. The lowest BCUT2D eigenvalue weighted by Gasteiger charge is -2.26. The first kappa shape index (κ1) is 64.3. The number of unbranched alkanes of at least 4 members (excludes halogenated alkanes) is 1. The summed E-state index contributed by atoms with van der Waals surface area (Å²) in [7, 11) is 0. The average molecular weight is 1190 g/mol. The SMILES string of the molecule is CC(C)C[C@H](NC(=O)[C@H](CO)NC(=O)[C@H](Cc1ccc(O)cc1)NC(=O)[C@H](CS)NC(=O)[C@H](CS)NC(=O)[C@H](CCCCN)NC(=O)CNC(=O)[C@H](CO)NC(=O)CNC(=O)[C@@H](N)Cc1ccc([131I])cc1)C(=O)O. The maximum absolute atomic E-state index is 13.7. The van der Waals surface area contributed by atoms with Crippen LogP contribution >= 0.6 is 47.8 Å². The fraction of sp³-hybridized carbons (Fsp3) is 0.522. The summed E-state index contributed by atoms with van der Waals surface area (Å²) in [4.78, 5) is 130. The third-order valence-electron chi connectivity index (χ3n) is 10.8. The summed E-state index contributed by atoms with van der Waals surface area (Å²) in [6, 6.07) is 1.69. The molecule has 2 rings (SSSR count). The minimum absolute atomic E-state index is 0.0160. The van der Waals surface area contributed by atoms with E-state index in [1.165, 1.54) is 24.3 Å². The quantitative estimate of drug-likeness (QED) is 0.0183. The molecule has 9 amide bonds. The third-order valence-corrected chi connectivity index (χ3v) is 12.2. The number of nitrogens with one attached hydrogen (secondary N) is 9. The average Bonchev–Trinajstić information content (AvgIpc) is 3.36. The molecule has 28 heteroatoms. The van der Waals surface area contributed by atoms with Gasteiger partial charge in [-0.2, -0.15) is 25.3 Å². The minimum Gasteiger partial charge on any atom is -0.508 e. The maximum atomic E-state index is 13.7. The predicted molar refractivity (Wildman–Crippen MR) is 284 cm³/mol. The Balaban J connectivity index is 2.09. The molecule has 0 saturated heterocycles. The first-order valence-electron chi connectivity index (χ1n) is 23.4. The number of hydrogen-bond acceptors (Lipinski definition) is 17. The van der Waals surface area contributed by atoms with Crippen LogP contribution in [0.1, 0.15) is 50.7 Å². The lowest BCUT2D eigenvalue weighted by atomic mass is 10.0. The highest BCUT2D eigenvalue weighted by Crippen LogP contribution is 2.13. The van der Waals surface area contributed by atoms with E-state index in [1.54, 1.807) is 13.8 Å². The van der Waals surface area contributed by atoms with Crippen molar-refractivity contribution < 1.29 is 68.4 Å². The van der Waals surface area contributed by atoms with E-state index in [-0.39, 0.29) is 55.4 Å². The Bertz CT molecular complexity index is 2220. The number of rotatable bonds is 33. The molecule has 0 aliphatic rings. The number of carboxylic acids is 1. The zero-order chi connectivity index (χ0) is 55.5. The monoisotopic (exact) mass is 1190 g/mol. The van der Waals surface area contributed by atoms with Gasteiger partial charge in [-0.25, -0.2) is 4.79 Å². The summed E-state index contributed by atoms with van der Waals surface area (Å²) >= 11 is 10.5. The van der Waals surface area contributed by atoms with Gasteiger partial charge in [0.25, 0.3) is 0 Å². The highest BCUT2D eigenvalue weighted by molar-refractivity contribution is 14.1. The molecule has 17 N–H and O–H groups in total. The molecule has 8 atom stereocenters. The summed E-state index contributed by atoms with van der Waals surface area (Å²) in [6.45, 7) is 0.574. The van der Waals surface area contributed by atoms with Crippen molar-refractivity contribution >= 4 is 107 Å². The van der Waals surface area contributed by atoms with Gasteiger partial charge in [0.2, 0.25) is 53.2 Å². The van der Waals surface area contributed by atoms with Gasteiger partial charge < -0.3 is 79.7 Å². The number of aromatic hydroxyl groups is 1. The predicted octanol–water partition coefficient (Wildman–Crippen LogP) is -4.16. The largest absolute Gasteiger partial charge is 0.508 e. The lowest BCUT2D eigenvalue weighted by Crippen LogP contribution is -2.61. The fourth-order valence-electron chi connectivity index (χ4n) is 6.72. The number of thiol groups is 2. The van der Waals surface area contributed by atoms with Crippen molar-refractivity contribution in [3.05, 3.63) is 63.2 Å². The highest BCUT2D eigenvalue weighted by Gasteiger charge is 2.33. The van der Waals surface area contributed by atoms with Gasteiger partial charge in [0.15, 0.2) is 0 Å². The Morgan fingerprint density at radius 1 is 0.554 bits per heavy atom. The number of aliphatic hydroxyl groups is 2. The van der Waals surface area contributed by atoms with Crippen LogP contribution in [0.2, 0.25) is 0 Å². The summed E-state index contributed by atoms with van der Waals surface area (Å²) in [5.41, 5.74) is 12.8. The second kappa shape index (κ2) is 33.9. The van der Waals surface area contributed by atoms with Crippen LogP contribution in [0, 0.1) is 9.49 Å². The lowest BCUT2D eigenvalue weighted by molar-refractivity contribution is -0.143. The van der Waals surface area contributed by atoms with Gasteiger partial charge in [-0.1, -0.05) is 38.1 Å². The normalized spacial score (nSPS) is 14.2. The van der Waals surface area contributed by atoms with E-state index in [4.69, 9.17) is 11.5 Å². The molecule has 0 radical (unpaired) electrons. The number of phenolic OH excluding ortho intramolecular Hbond substituents is 1. The van der Waals surface area contributed by atoms with Gasteiger partial charge in [0.05, 0.1) is 32.3 Å². The standard InChI is InChI=1S/C46H68IN11O14S2/c1-24(2)15-32(46(71)72)55-43(68)34(21-60)56-42(67)31(17-26-8-12-28(61)13-9-26)54-44(69)35(22-73)58-45(70)36(23-74)57-41(66)30(5-3-4-14-48)52-37(62)19-51-40(65)33(20-59)53-38(63)18-50-39(64)29(49)16-25-6-10-27(47)11-7-25/h6-13,24,29-36,59-61,73-74H,3-5,14-23,48-49H2,1-2H3,(H,50,64)(H,51,65)(H,52,62)(H,53,63)(H,54,69)(H,55,68)(H,56,67)(H,57,66)(H,58,70)(H,71,72)/t29-,30-,31-,32-,33-,34-,35-,36-/m0/s1/i47+4. The number of hydrogen-bond donors (Lipinski definition) is 17. The number of nitrogens with two attached hydrogens (primary N) is 2. The van der Waals surface area contributed by atoms with Crippen molar-refractivity contribution in [2.24, 2.45) is 17.4 Å². The van der Waals surface area contributed by atoms with E-state index in [2.05, 4.69) is 95.7 Å². The number of carboxylic acid groups (broad SMARTS) is 1. The second-order valence-electron chi connectivity index (χ2n) is 17.3. The summed E-state index contributed by atoms with van der Waals surface area (Å²) < 4.78 is 0.994. The maximum Gasteiger partial charge on any atom is 0.326 e. The molecule has 0 heterocycles. The van der Waals surface area contributed by atoms with E-state index in [9.17, 15) is 68.4 Å². The molecule has 0 spiro atoms. The smallest absolute Gasteiger partial charge is 0.326 e. The Morgan fingerprint density at radius 3 is 1.47 bits per heavy atom. The summed E-state index contributed by atoms with van der Waals surface area (Å²) in [5, 5.41) is 60.5. The van der Waals surface area contributed by atoms with Crippen molar-refractivity contribution in [2.75, 3.05) is 44.4 Å². The molecule has 25 nitrogen and oxygen atoms in total. The molecule has 2 aromatic rings. The molecule has 0 unspecified atom stereocenters. The Labute approximate surface area is 452 Å². The van der Waals surface area contributed by atoms with Crippen LogP contribution in [0.5, 0.6) is 5.75 Å². The number of aliphatic hydroxyl groups excluding tert-OH is 2. The zero-order valence-electron chi connectivity index (χ0n) is 40.8. The summed E-state index contributed by atoms with van der Waals surface area (Å²) in [6.07, 6.45) is 0.787. The summed E-state index contributed by atoms with van der Waals surface area (Å²) in [5.74, 6) is -10.3. The van der Waals surface area contributed by atoms with E-state index in [0.717, 1.165) is 9.13 Å². The second-order valence-corrected chi connectivity index (χ2v) is 19.2. The molecule has 0 aliphatic carbocycles. The van der Waals surface area contributed by atoms with E-state index < -0.39 is 134 Å². The van der Waals surface area contributed by atoms with E-state index in [1.807, 2.05) is 24.3 Å². The van der Waals surface area contributed by atoms with Gasteiger partial charge >= 0.3 is 5.97 Å². The van der Waals surface area contributed by atoms with Crippen LogP contribution < -0.4 is 59.3 Å². The van der Waals surface area contributed by atoms with Crippen LogP contribution in [0.3, 0.4) is 0 Å². The Morgan fingerprint density at radius 2 is 0.973 bits per heavy atom. The van der Waals surface area contributed by atoms with Gasteiger partial charge in [-0.05, 0) is 103 Å². The number of carbonyl (C=O) groups excluding carboxylic acids is 9. The van der Waals surface area contributed by atoms with Gasteiger partial charge in [0.1, 0.15) is 48.0 Å². The van der Waals surface area contributed by atoms with Crippen LogP contribution in [-0.2, 0) is 60.8 Å². The number of aliphatic carboxylic acids is 1. The van der Waals surface area contributed by atoms with Gasteiger partial charge in [0, 0.05) is 21.5 Å². The number of phenols is 1. The van der Waals surface area contributed by atoms with Crippen molar-refractivity contribution in [1.29, 1.82) is 0 Å². The first-order chi connectivity index (χ1) is 35.0. The first-order valence-corrected chi connectivity index (χ1v) is 25.7. The minimum atomic E-state index is -1.65. The Hall–Kier alpha value is -5.79. The van der Waals surface area contributed by atoms with Crippen LogP contribution in [0.4, 0.5) is 0 Å². The number of carbonyl (C=O) groups is 10. The number of benzene rings is 2. The van der Waals surface area contributed by atoms with Crippen molar-refractivity contribution in [2.45, 2.75) is 101 Å². The number of amides is 9. The highest BCUT2D eigenvalue weighted by atomic mass is 131. The molecule has 74 heavy (non-hydrogen) atoms. The Kier molecular flexibility index (Phi) is 29.5. The third kappa shape index (κ3) is 23.6. The molecule has 2 aromatic carbocycles. The molecule has 0 bridgehead atoms. The van der Waals surface area contributed by atoms with Crippen LogP contribution in [0.25, 0.3) is 0 Å². The van der Waals surface area contributed by atoms with E-state index in [0.29, 0.717) is 18.4 Å². The van der Waals surface area contributed by atoms with Gasteiger partial charge in [-0.3, -0.25) is 43.2 Å². The van der Waals surface area contributed by atoms with Crippen LogP contribution in [-0.4, -0.2) is 172 Å². The molecule has 0 aromatic heterocycles. The molecule has 0 saturated carbocycles. The molecule has 0 aliphatic heterocycles. The van der Waals surface area contributed by atoms with Crippen LogP contribution in [0.15, 0.2) is 48.5 Å². The molecular weight excluding hydrogens is 1130 g/mol.